The molecule has 0 aliphatic rings. The topological polar surface area (TPSA) is 27.7 Å². The Kier molecular flexibility index (Phi) is 8.64. The molecule has 0 aliphatic heterocycles. The van der Waals surface area contributed by atoms with Crippen LogP contribution in [0.5, 0.6) is 34.5 Å². The first-order chi connectivity index (χ1) is 21.2. The molecule has 0 unspecified atom stereocenters. The van der Waals surface area contributed by atoms with Crippen molar-refractivity contribution in [2.24, 2.45) is 0 Å². The zero-order valence-electron chi connectivity index (χ0n) is 23.8. The average Bonchev–Trinajstić information content (AvgIpc) is 3.06. The molecule has 0 aromatic heterocycles. The van der Waals surface area contributed by atoms with Gasteiger partial charge in [-0.2, -0.15) is 0 Å². The van der Waals surface area contributed by atoms with Gasteiger partial charge in [0.15, 0.2) is 0 Å². The minimum atomic E-state index is -2.14. The number of allylic oxidation sites excluding steroid dienone is 1. The minimum absolute atomic E-state index is 0.795. The fraction of sp³-hybridized carbons (Fsp3) is 0.0256. The number of benzene rings is 6. The summed E-state index contributed by atoms with van der Waals surface area (Å²) in [7, 11) is -2.14. The molecule has 0 aliphatic carbocycles. The summed E-state index contributed by atoms with van der Waals surface area (Å²) in [5.41, 5.74) is 0. The van der Waals surface area contributed by atoms with Gasteiger partial charge in [0.1, 0.15) is 57.7 Å². The van der Waals surface area contributed by atoms with Crippen molar-refractivity contribution in [3.8, 4) is 34.5 Å². The summed E-state index contributed by atoms with van der Waals surface area (Å²) in [5.74, 6) is 4.82. The van der Waals surface area contributed by atoms with Crippen molar-refractivity contribution in [1.29, 1.82) is 0 Å². The van der Waals surface area contributed by atoms with Gasteiger partial charge in [0.2, 0.25) is 0 Å². The number of para-hydroxylation sites is 3. The second-order valence-electron chi connectivity index (χ2n) is 10.0. The smallest absolute Gasteiger partial charge is 0.127 e. The number of ether oxygens (including phenoxy) is 3. The molecule has 0 heterocycles. The number of hydrogen-bond acceptors (Lipinski definition) is 3. The first kappa shape index (κ1) is 28.0. The standard InChI is InChI=1S/C39H32O3P/c1-2-30-43(37-24-18-34(19-25-37)40-31-12-6-3-7-13-31,38-26-20-35(21-27-38)41-32-14-8-4-9-15-32)39-28-22-36(23-29-39)42-33-16-10-5-11-17-33/h2-29H,1,30H2/q+1. The van der Waals surface area contributed by atoms with Gasteiger partial charge in [-0.05, 0) is 109 Å². The van der Waals surface area contributed by atoms with Crippen LogP contribution in [0.25, 0.3) is 0 Å². The van der Waals surface area contributed by atoms with Crippen molar-refractivity contribution < 1.29 is 14.2 Å². The van der Waals surface area contributed by atoms with E-state index in [0.29, 0.717) is 0 Å². The van der Waals surface area contributed by atoms with Crippen LogP contribution in [0.15, 0.2) is 176 Å². The largest absolute Gasteiger partial charge is 0.457 e. The Balaban J connectivity index is 1.38. The van der Waals surface area contributed by atoms with Crippen LogP contribution in [0.4, 0.5) is 0 Å². The Hall–Kier alpha value is -5.11. The summed E-state index contributed by atoms with van der Waals surface area (Å²) in [4.78, 5) is 0. The van der Waals surface area contributed by atoms with E-state index in [9.17, 15) is 0 Å². The molecule has 6 aromatic carbocycles. The third kappa shape index (κ3) is 6.54. The van der Waals surface area contributed by atoms with Crippen LogP contribution in [0.2, 0.25) is 0 Å². The highest BCUT2D eigenvalue weighted by Crippen LogP contribution is 2.56. The van der Waals surface area contributed by atoms with E-state index in [1.54, 1.807) is 0 Å². The molecule has 0 saturated heterocycles. The summed E-state index contributed by atoms with van der Waals surface area (Å²) in [6, 6.07) is 55.0. The number of hydrogen-bond donors (Lipinski definition) is 0. The van der Waals surface area contributed by atoms with Crippen LogP contribution in [0.1, 0.15) is 0 Å². The van der Waals surface area contributed by atoms with E-state index in [1.165, 1.54) is 15.9 Å². The maximum absolute atomic E-state index is 6.12. The molecule has 0 fully saturated rings. The SMILES string of the molecule is C=CC[P+](c1ccc(Oc2ccccc2)cc1)(c1ccc(Oc2ccccc2)cc1)c1ccc(Oc2ccccc2)cc1. The highest BCUT2D eigenvalue weighted by molar-refractivity contribution is 7.95. The molecule has 0 bridgehead atoms. The monoisotopic (exact) mass is 579 g/mol. The second kappa shape index (κ2) is 13.2. The normalized spacial score (nSPS) is 11.0. The molecule has 3 nitrogen and oxygen atoms in total. The first-order valence-corrected chi connectivity index (χ1v) is 16.2. The van der Waals surface area contributed by atoms with E-state index < -0.39 is 7.26 Å². The molecular weight excluding hydrogens is 547 g/mol. The first-order valence-electron chi connectivity index (χ1n) is 14.2. The molecule has 0 atom stereocenters. The van der Waals surface area contributed by atoms with Crippen LogP contribution >= 0.6 is 7.26 Å². The molecule has 0 radical (unpaired) electrons. The summed E-state index contributed by atoms with van der Waals surface area (Å²) >= 11 is 0. The van der Waals surface area contributed by atoms with Crippen LogP contribution in [-0.2, 0) is 0 Å². The third-order valence-corrected chi connectivity index (χ3v) is 11.5. The van der Waals surface area contributed by atoms with Crippen molar-refractivity contribution in [3.05, 3.63) is 176 Å². The molecule has 210 valence electrons. The molecule has 0 saturated carbocycles. The van der Waals surface area contributed by atoms with Gasteiger partial charge < -0.3 is 14.2 Å². The Labute approximate surface area is 254 Å². The lowest BCUT2D eigenvalue weighted by Crippen LogP contribution is -2.33. The minimum Gasteiger partial charge on any atom is -0.457 e. The molecule has 4 heteroatoms. The summed E-state index contributed by atoms with van der Waals surface area (Å²) in [6.45, 7) is 4.20. The van der Waals surface area contributed by atoms with Gasteiger partial charge in [0, 0.05) is 0 Å². The van der Waals surface area contributed by atoms with Crippen LogP contribution in [0, 0.1) is 0 Å². The van der Waals surface area contributed by atoms with Crippen molar-refractivity contribution in [2.75, 3.05) is 6.16 Å². The van der Waals surface area contributed by atoms with E-state index in [1.807, 2.05) is 97.1 Å². The molecule has 0 spiro atoms. The third-order valence-electron chi connectivity index (χ3n) is 7.17. The highest BCUT2D eigenvalue weighted by Gasteiger charge is 2.44. The molecule has 6 rings (SSSR count). The molecular formula is C39H32O3P+. The lowest BCUT2D eigenvalue weighted by atomic mass is 10.3. The lowest BCUT2D eigenvalue weighted by Gasteiger charge is -2.27. The predicted molar refractivity (Wildman–Crippen MR) is 180 cm³/mol. The summed E-state index contributed by atoms with van der Waals surface area (Å²) in [6.07, 6.45) is 2.83. The molecule has 43 heavy (non-hydrogen) atoms. The zero-order chi connectivity index (χ0) is 29.3. The van der Waals surface area contributed by atoms with Gasteiger partial charge in [0.25, 0.3) is 0 Å². The van der Waals surface area contributed by atoms with Crippen LogP contribution in [0.3, 0.4) is 0 Å². The van der Waals surface area contributed by atoms with Gasteiger partial charge in [0.05, 0.1) is 6.16 Å². The van der Waals surface area contributed by atoms with E-state index in [4.69, 9.17) is 14.2 Å². The van der Waals surface area contributed by atoms with Crippen molar-refractivity contribution in [3.63, 3.8) is 0 Å². The molecule has 0 N–H and O–H groups in total. The lowest BCUT2D eigenvalue weighted by molar-refractivity contribution is 0.482. The predicted octanol–water partition coefficient (Wildman–Crippen LogP) is 9.54. The van der Waals surface area contributed by atoms with Gasteiger partial charge in [-0.15, -0.1) is 0 Å². The van der Waals surface area contributed by atoms with E-state index in [2.05, 4.69) is 79.4 Å². The Morgan fingerprint density at radius 2 is 0.628 bits per heavy atom. The van der Waals surface area contributed by atoms with Crippen molar-refractivity contribution in [1.82, 2.24) is 0 Å². The summed E-state index contributed by atoms with van der Waals surface area (Å²) in [5, 5.41) is 3.71. The second-order valence-corrected chi connectivity index (χ2v) is 13.5. The van der Waals surface area contributed by atoms with E-state index >= 15 is 0 Å². The van der Waals surface area contributed by atoms with Crippen LogP contribution < -0.4 is 30.1 Å². The fourth-order valence-corrected chi connectivity index (χ4v) is 9.03. The summed E-state index contributed by atoms with van der Waals surface area (Å²) < 4.78 is 18.4. The quantitative estimate of drug-likeness (QED) is 0.113. The maximum atomic E-state index is 6.12. The van der Waals surface area contributed by atoms with Gasteiger partial charge in [-0.25, -0.2) is 0 Å². The molecule has 6 aromatic rings. The Morgan fingerprint density at radius 3 is 0.884 bits per heavy atom. The fourth-order valence-electron chi connectivity index (χ4n) is 5.14. The maximum Gasteiger partial charge on any atom is 0.127 e. The van der Waals surface area contributed by atoms with E-state index in [-0.39, 0.29) is 0 Å². The zero-order valence-corrected chi connectivity index (χ0v) is 24.6. The van der Waals surface area contributed by atoms with Gasteiger partial charge in [-0.1, -0.05) is 67.3 Å². The Morgan fingerprint density at radius 1 is 0.372 bits per heavy atom. The van der Waals surface area contributed by atoms with Crippen LogP contribution in [-0.4, -0.2) is 6.16 Å². The average molecular weight is 580 g/mol. The van der Waals surface area contributed by atoms with Gasteiger partial charge in [-0.3, -0.25) is 0 Å². The Bertz CT molecular complexity index is 1530. The molecule has 0 amide bonds. The van der Waals surface area contributed by atoms with Gasteiger partial charge >= 0.3 is 0 Å². The highest BCUT2D eigenvalue weighted by atomic mass is 31.2. The van der Waals surface area contributed by atoms with Crippen molar-refractivity contribution >= 4 is 23.2 Å². The van der Waals surface area contributed by atoms with Crippen molar-refractivity contribution in [2.45, 2.75) is 0 Å². The number of rotatable bonds is 11. The van der Waals surface area contributed by atoms with E-state index in [0.717, 1.165) is 40.7 Å².